The van der Waals surface area contributed by atoms with Crippen LogP contribution in [0.25, 0.3) is 0 Å². The Morgan fingerprint density at radius 2 is 1.55 bits per heavy atom. The van der Waals surface area contributed by atoms with E-state index in [4.69, 9.17) is 4.18 Å². The molecule has 0 aromatic heterocycles. The first-order chi connectivity index (χ1) is 10.2. The molecule has 22 heavy (non-hydrogen) atoms. The second kappa shape index (κ2) is 6.52. The Labute approximate surface area is 140 Å². The number of hydrogen-bond donors (Lipinski definition) is 0. The third-order valence-electron chi connectivity index (χ3n) is 3.51. The van der Waals surface area contributed by atoms with Crippen molar-refractivity contribution in [3.05, 3.63) is 64.1 Å². The Morgan fingerprint density at radius 1 is 1.00 bits per heavy atom. The molecule has 0 atom stereocenters. The lowest BCUT2D eigenvalue weighted by molar-refractivity contribution is 0.246. The van der Waals surface area contributed by atoms with Crippen molar-refractivity contribution < 1.29 is 12.6 Å². The van der Waals surface area contributed by atoms with E-state index < -0.39 is 15.5 Å². The first-order valence-electron chi connectivity index (χ1n) is 6.93. The van der Waals surface area contributed by atoms with Crippen molar-refractivity contribution in [2.24, 2.45) is 0 Å². The van der Waals surface area contributed by atoms with Crippen LogP contribution in [-0.2, 0) is 19.7 Å². The van der Waals surface area contributed by atoms with E-state index in [1.165, 1.54) is 17.7 Å². The van der Waals surface area contributed by atoms with E-state index in [9.17, 15) is 8.42 Å². The molecule has 0 aliphatic rings. The first kappa shape index (κ1) is 17.2. The largest absolute Gasteiger partial charge is 0.297 e. The van der Waals surface area contributed by atoms with Crippen LogP contribution in [0.5, 0.6) is 0 Å². The predicted molar refractivity (Wildman–Crippen MR) is 91.5 cm³/mol. The summed E-state index contributed by atoms with van der Waals surface area (Å²) < 4.78 is 30.6. The minimum absolute atomic E-state index is 0.0917. The zero-order valence-corrected chi connectivity index (χ0v) is 15.2. The topological polar surface area (TPSA) is 43.4 Å². The van der Waals surface area contributed by atoms with Gasteiger partial charge in [-0.05, 0) is 36.8 Å². The smallest absolute Gasteiger partial charge is 0.265 e. The molecule has 0 fully saturated rings. The highest BCUT2D eigenvalue weighted by Gasteiger charge is 2.25. The van der Waals surface area contributed by atoms with Gasteiger partial charge in [-0.3, -0.25) is 4.18 Å². The Balaban J connectivity index is 2.13. The van der Waals surface area contributed by atoms with Gasteiger partial charge in [0.05, 0.1) is 11.5 Å². The van der Waals surface area contributed by atoms with Crippen molar-refractivity contribution in [3.63, 3.8) is 0 Å². The maximum Gasteiger partial charge on any atom is 0.297 e. The monoisotopic (exact) mass is 382 g/mol. The standard InChI is InChI=1S/C17H19BrO3S/c1-13-4-6-14(7-5-13)17(2,3)12-21-22(19,20)16-10-8-15(18)9-11-16/h4-11H,12H2,1-3H3. The van der Waals surface area contributed by atoms with Crippen molar-refractivity contribution in [1.82, 2.24) is 0 Å². The Bertz CT molecular complexity index is 732. The van der Waals surface area contributed by atoms with Crippen LogP contribution in [0.4, 0.5) is 0 Å². The summed E-state index contributed by atoms with van der Waals surface area (Å²) in [5.74, 6) is 0. The fourth-order valence-corrected chi connectivity index (χ4v) is 3.30. The van der Waals surface area contributed by atoms with E-state index in [-0.39, 0.29) is 11.5 Å². The third kappa shape index (κ3) is 4.18. The molecule has 0 saturated carbocycles. The molecule has 0 bridgehead atoms. The van der Waals surface area contributed by atoms with Crippen LogP contribution in [0.2, 0.25) is 0 Å². The van der Waals surface area contributed by atoms with Crippen LogP contribution in [0, 0.1) is 6.92 Å². The van der Waals surface area contributed by atoms with Gasteiger partial charge in [-0.1, -0.05) is 59.6 Å². The molecule has 118 valence electrons. The zero-order valence-electron chi connectivity index (χ0n) is 12.8. The van der Waals surface area contributed by atoms with Gasteiger partial charge in [0.2, 0.25) is 0 Å². The molecule has 0 N–H and O–H groups in total. The van der Waals surface area contributed by atoms with Gasteiger partial charge in [-0.2, -0.15) is 8.42 Å². The summed E-state index contributed by atoms with van der Waals surface area (Å²) >= 11 is 3.28. The van der Waals surface area contributed by atoms with E-state index in [1.54, 1.807) is 12.1 Å². The lowest BCUT2D eigenvalue weighted by atomic mass is 9.85. The second-order valence-corrected chi connectivity index (χ2v) is 8.45. The highest BCUT2D eigenvalue weighted by atomic mass is 79.9. The van der Waals surface area contributed by atoms with Gasteiger partial charge in [-0.25, -0.2) is 0 Å². The Hall–Kier alpha value is -1.17. The van der Waals surface area contributed by atoms with Crippen LogP contribution < -0.4 is 0 Å². The summed E-state index contributed by atoms with van der Waals surface area (Å²) in [6.45, 7) is 6.04. The van der Waals surface area contributed by atoms with Crippen molar-refractivity contribution in [2.75, 3.05) is 6.61 Å². The predicted octanol–water partition coefficient (Wildman–Crippen LogP) is 4.44. The molecule has 0 aliphatic heterocycles. The van der Waals surface area contributed by atoms with E-state index in [0.29, 0.717) is 0 Å². The third-order valence-corrected chi connectivity index (χ3v) is 5.32. The van der Waals surface area contributed by atoms with Crippen LogP contribution in [0.1, 0.15) is 25.0 Å². The minimum atomic E-state index is -3.75. The Kier molecular flexibility index (Phi) is 5.10. The van der Waals surface area contributed by atoms with Crippen LogP contribution in [0.15, 0.2) is 57.9 Å². The van der Waals surface area contributed by atoms with Crippen LogP contribution in [0.3, 0.4) is 0 Å². The molecule has 0 saturated heterocycles. The molecular formula is C17H19BrO3S. The maximum atomic E-state index is 12.2. The molecule has 2 rings (SSSR count). The minimum Gasteiger partial charge on any atom is -0.265 e. The van der Waals surface area contributed by atoms with E-state index in [2.05, 4.69) is 15.9 Å². The summed E-state index contributed by atoms with van der Waals surface area (Å²) in [5, 5.41) is 0. The van der Waals surface area contributed by atoms with Gasteiger partial charge in [0.1, 0.15) is 0 Å². The first-order valence-corrected chi connectivity index (χ1v) is 9.13. The molecule has 0 heterocycles. The van der Waals surface area contributed by atoms with Crippen molar-refractivity contribution >= 4 is 26.0 Å². The fraction of sp³-hybridized carbons (Fsp3) is 0.294. The molecule has 0 spiro atoms. The number of rotatable bonds is 5. The van der Waals surface area contributed by atoms with Gasteiger partial charge in [-0.15, -0.1) is 0 Å². The lowest BCUT2D eigenvalue weighted by Gasteiger charge is -2.24. The van der Waals surface area contributed by atoms with Crippen LogP contribution in [-0.4, -0.2) is 15.0 Å². The quantitative estimate of drug-likeness (QED) is 0.717. The van der Waals surface area contributed by atoms with E-state index >= 15 is 0 Å². The van der Waals surface area contributed by atoms with E-state index in [0.717, 1.165) is 10.0 Å². The molecule has 3 nitrogen and oxygen atoms in total. The second-order valence-electron chi connectivity index (χ2n) is 5.92. The van der Waals surface area contributed by atoms with Crippen molar-refractivity contribution in [3.8, 4) is 0 Å². The van der Waals surface area contributed by atoms with Gasteiger partial charge < -0.3 is 0 Å². The van der Waals surface area contributed by atoms with Crippen molar-refractivity contribution in [2.45, 2.75) is 31.1 Å². The SMILES string of the molecule is Cc1ccc(C(C)(C)COS(=O)(=O)c2ccc(Br)cc2)cc1. The molecule has 0 unspecified atom stereocenters. The molecular weight excluding hydrogens is 364 g/mol. The summed E-state index contributed by atoms with van der Waals surface area (Å²) in [6, 6.07) is 14.5. The van der Waals surface area contributed by atoms with E-state index in [1.807, 2.05) is 45.0 Å². The average molecular weight is 383 g/mol. The number of halogens is 1. The highest BCUT2D eigenvalue weighted by Crippen LogP contribution is 2.26. The van der Waals surface area contributed by atoms with Gasteiger partial charge in [0.15, 0.2) is 0 Å². The fourth-order valence-electron chi connectivity index (χ4n) is 1.98. The summed E-state index contributed by atoms with van der Waals surface area (Å²) in [5.41, 5.74) is 1.82. The highest BCUT2D eigenvalue weighted by molar-refractivity contribution is 9.10. The molecule has 2 aromatic carbocycles. The summed E-state index contributed by atoms with van der Waals surface area (Å²) in [7, 11) is -3.75. The van der Waals surface area contributed by atoms with Crippen LogP contribution >= 0.6 is 15.9 Å². The molecule has 0 amide bonds. The molecule has 5 heteroatoms. The normalized spacial score (nSPS) is 12.4. The van der Waals surface area contributed by atoms with Crippen molar-refractivity contribution in [1.29, 1.82) is 0 Å². The lowest BCUT2D eigenvalue weighted by Crippen LogP contribution is -2.26. The number of aryl methyl sites for hydroxylation is 1. The number of benzene rings is 2. The zero-order chi connectivity index (χ0) is 16.4. The van der Waals surface area contributed by atoms with Gasteiger partial charge in [0.25, 0.3) is 10.1 Å². The van der Waals surface area contributed by atoms with Gasteiger partial charge >= 0.3 is 0 Å². The Morgan fingerprint density at radius 3 is 2.09 bits per heavy atom. The molecule has 2 aromatic rings. The average Bonchev–Trinajstić information content (AvgIpc) is 2.46. The van der Waals surface area contributed by atoms with Gasteiger partial charge in [0, 0.05) is 9.89 Å². The molecule has 0 aliphatic carbocycles. The summed E-state index contributed by atoms with van der Waals surface area (Å²) in [6.07, 6.45) is 0. The molecule has 0 radical (unpaired) electrons. The maximum absolute atomic E-state index is 12.2. The summed E-state index contributed by atoms with van der Waals surface area (Å²) in [4.78, 5) is 0.162. The number of hydrogen-bond acceptors (Lipinski definition) is 3.